The number of halogens is 4. The van der Waals surface area contributed by atoms with Gasteiger partial charge in [-0.25, -0.2) is 0 Å². The Labute approximate surface area is 377 Å². The zero-order valence-electron chi connectivity index (χ0n) is 34.1. The van der Waals surface area contributed by atoms with E-state index >= 15 is 0 Å². The van der Waals surface area contributed by atoms with E-state index in [1.54, 1.807) is 62.4 Å². The van der Waals surface area contributed by atoms with Crippen molar-refractivity contribution in [2.24, 2.45) is 20.5 Å². The summed E-state index contributed by atoms with van der Waals surface area (Å²) < 4.78 is 0. The van der Waals surface area contributed by atoms with E-state index in [0.29, 0.717) is 43.9 Å². The third-order valence-corrected chi connectivity index (χ3v) is 10.5. The average molecular weight is 919 g/mol. The first kappa shape index (κ1) is 47.0. The lowest BCUT2D eigenvalue weighted by atomic mass is 10.0. The number of azo groups is 2. The number of aryl methyl sites for hydroxylation is 4. The normalized spacial score (nSPS) is 12.8. The van der Waals surface area contributed by atoms with Crippen LogP contribution in [0.3, 0.4) is 0 Å². The number of hydrogen-bond donors (Lipinski definition) is 5. The third kappa shape index (κ3) is 12.1. The van der Waals surface area contributed by atoms with Gasteiger partial charge in [0, 0.05) is 43.9 Å². The monoisotopic (exact) mass is 916 g/mol. The van der Waals surface area contributed by atoms with Crippen LogP contribution in [-0.4, -0.2) is 52.7 Å². The number of aliphatic hydroxyl groups excluding tert-OH is 1. The van der Waals surface area contributed by atoms with Gasteiger partial charge in [-0.3, -0.25) is 24.0 Å². The Balaban J connectivity index is 1.27. The topological polar surface area (TPSA) is 203 Å². The maximum absolute atomic E-state index is 13.3. The molecule has 0 aliphatic carbocycles. The highest BCUT2D eigenvalue weighted by atomic mass is 35.5. The predicted molar refractivity (Wildman–Crippen MR) is 243 cm³/mol. The standard InChI is InChI=1S/C44H40Cl4N8O6/c1-21-7-11-29(45)19-35(21)51-41(59)27-9-13-31(47)37(17-27)53-55-43(61)39(25(5)57)49-33-15-24(4)34(16-23(33)3)50-40(26(6)58)44(62)56-54-38-18-28(10-14-32(38)48)42(60)52-36-20-30(46)12-8-22(36)2/h7-20,25,39-40,49-50,57H,1-6H3,(H,51,59)(H,52,60)/b55-53+,56-54+. The van der Waals surface area contributed by atoms with E-state index in [1.807, 2.05) is 13.8 Å². The number of carbonyl (C=O) groups is 5. The zero-order valence-corrected chi connectivity index (χ0v) is 37.1. The quantitative estimate of drug-likeness (QED) is 0.0534. The Bertz CT molecular complexity index is 2650. The Kier molecular flexibility index (Phi) is 15.7. The molecule has 3 atom stereocenters. The van der Waals surface area contributed by atoms with E-state index in [4.69, 9.17) is 46.4 Å². The van der Waals surface area contributed by atoms with Crippen LogP contribution in [0.1, 0.15) is 56.8 Å². The van der Waals surface area contributed by atoms with Crippen molar-refractivity contribution in [3.63, 3.8) is 0 Å². The summed E-state index contributed by atoms with van der Waals surface area (Å²) in [7, 11) is 0. The summed E-state index contributed by atoms with van der Waals surface area (Å²) in [6.07, 6.45) is -1.24. The highest BCUT2D eigenvalue weighted by molar-refractivity contribution is 6.34. The molecule has 5 aromatic rings. The van der Waals surface area contributed by atoms with E-state index in [9.17, 15) is 29.1 Å². The van der Waals surface area contributed by atoms with Gasteiger partial charge in [-0.05, 0) is 137 Å². The van der Waals surface area contributed by atoms with Gasteiger partial charge in [-0.1, -0.05) is 58.5 Å². The van der Waals surface area contributed by atoms with Crippen LogP contribution in [0.5, 0.6) is 0 Å². The zero-order chi connectivity index (χ0) is 45.4. The molecule has 0 heterocycles. The Morgan fingerprint density at radius 2 is 0.984 bits per heavy atom. The number of ketones is 1. The Morgan fingerprint density at radius 3 is 1.42 bits per heavy atom. The average Bonchev–Trinajstić information content (AvgIpc) is 3.21. The van der Waals surface area contributed by atoms with Gasteiger partial charge in [0.15, 0.2) is 11.8 Å². The van der Waals surface area contributed by atoms with E-state index in [1.165, 1.54) is 50.2 Å². The number of nitrogens with zero attached hydrogens (tertiary/aromatic N) is 4. The number of anilines is 4. The van der Waals surface area contributed by atoms with Crippen molar-refractivity contribution in [2.45, 2.75) is 59.7 Å². The van der Waals surface area contributed by atoms with Crippen molar-refractivity contribution in [1.82, 2.24) is 0 Å². The van der Waals surface area contributed by atoms with Crippen molar-refractivity contribution in [1.29, 1.82) is 0 Å². The number of amides is 4. The summed E-state index contributed by atoms with van der Waals surface area (Å²) in [6.45, 7) is 9.66. The molecular weight excluding hydrogens is 878 g/mol. The molecule has 320 valence electrons. The fourth-order valence-corrected chi connectivity index (χ4v) is 6.47. The van der Waals surface area contributed by atoms with Crippen molar-refractivity contribution >= 4 is 110 Å². The summed E-state index contributed by atoms with van der Waals surface area (Å²) in [5.74, 6) is -3.27. The smallest absolute Gasteiger partial charge is 0.294 e. The van der Waals surface area contributed by atoms with Gasteiger partial charge in [0.2, 0.25) is 0 Å². The molecule has 0 saturated carbocycles. The van der Waals surface area contributed by atoms with Crippen molar-refractivity contribution < 1.29 is 29.1 Å². The van der Waals surface area contributed by atoms with Crippen LogP contribution in [-0.2, 0) is 14.4 Å². The molecular formula is C44H40Cl4N8O6. The van der Waals surface area contributed by atoms with Crippen LogP contribution in [0.15, 0.2) is 105 Å². The molecule has 0 aromatic heterocycles. The maximum Gasteiger partial charge on any atom is 0.294 e. The molecule has 5 N–H and O–H groups in total. The minimum absolute atomic E-state index is 0.0194. The highest BCUT2D eigenvalue weighted by Crippen LogP contribution is 2.31. The number of hydrogen-bond acceptors (Lipinski definition) is 10. The SMILES string of the molecule is CC(=O)C(Nc1cc(C)c(NC(C(=O)/N=N/c2cc(C(=O)Nc3cc(Cl)ccc3C)ccc2Cl)C(C)O)cc1C)C(=O)/N=N/c1cc(C(=O)Nc2cc(Cl)ccc2C)ccc1Cl. The summed E-state index contributed by atoms with van der Waals surface area (Å²) in [5.41, 5.74) is 5.00. The molecule has 62 heavy (non-hydrogen) atoms. The molecule has 0 fully saturated rings. The molecule has 0 aliphatic heterocycles. The van der Waals surface area contributed by atoms with Gasteiger partial charge >= 0.3 is 0 Å². The molecule has 0 bridgehead atoms. The van der Waals surface area contributed by atoms with Gasteiger partial charge in [0.25, 0.3) is 23.6 Å². The molecule has 5 rings (SSSR count). The minimum atomic E-state index is -1.45. The summed E-state index contributed by atoms with van der Waals surface area (Å²) in [4.78, 5) is 65.4. The fourth-order valence-electron chi connectivity index (χ4n) is 5.81. The first-order valence-corrected chi connectivity index (χ1v) is 20.3. The molecule has 4 amide bonds. The first-order valence-electron chi connectivity index (χ1n) is 18.8. The van der Waals surface area contributed by atoms with Crippen molar-refractivity contribution in [3.05, 3.63) is 138 Å². The molecule has 5 aromatic carbocycles. The van der Waals surface area contributed by atoms with Crippen LogP contribution in [0.4, 0.5) is 34.1 Å². The van der Waals surface area contributed by atoms with Gasteiger partial charge in [0.1, 0.15) is 17.4 Å². The Hall–Kier alpha value is -6.03. The lowest BCUT2D eigenvalue weighted by Gasteiger charge is -2.22. The highest BCUT2D eigenvalue weighted by Gasteiger charge is 2.27. The first-order chi connectivity index (χ1) is 29.3. The number of Topliss-reactive ketones (excluding diaryl/α,β-unsaturated/α-hetero) is 1. The number of aliphatic hydroxyl groups is 1. The van der Waals surface area contributed by atoms with Crippen LogP contribution in [0, 0.1) is 27.7 Å². The summed E-state index contributed by atoms with van der Waals surface area (Å²) in [5, 5.41) is 38.7. The third-order valence-electron chi connectivity index (χ3n) is 9.41. The molecule has 0 saturated heterocycles. The van der Waals surface area contributed by atoms with Gasteiger partial charge in [0.05, 0.1) is 16.1 Å². The Morgan fingerprint density at radius 1 is 0.548 bits per heavy atom. The summed E-state index contributed by atoms with van der Waals surface area (Å²) in [6, 6.07) is 19.3. The molecule has 0 aliphatic rings. The van der Waals surface area contributed by atoms with E-state index < -0.39 is 47.6 Å². The molecule has 14 nitrogen and oxygen atoms in total. The van der Waals surface area contributed by atoms with E-state index in [-0.39, 0.29) is 32.5 Å². The number of carbonyl (C=O) groups excluding carboxylic acids is 5. The van der Waals surface area contributed by atoms with Gasteiger partial charge in [-0.15, -0.1) is 20.5 Å². The fraction of sp³-hybridized carbons (Fsp3) is 0.205. The summed E-state index contributed by atoms with van der Waals surface area (Å²) >= 11 is 24.8. The molecule has 3 unspecified atom stereocenters. The van der Waals surface area contributed by atoms with Crippen LogP contribution < -0.4 is 21.3 Å². The lowest BCUT2D eigenvalue weighted by molar-refractivity contribution is -0.126. The second kappa shape index (κ2) is 20.7. The number of rotatable bonds is 14. The van der Waals surface area contributed by atoms with Crippen LogP contribution in [0.25, 0.3) is 0 Å². The number of nitrogens with one attached hydrogen (secondary N) is 4. The number of benzene rings is 5. The largest absolute Gasteiger partial charge is 0.391 e. The van der Waals surface area contributed by atoms with Crippen LogP contribution >= 0.6 is 46.4 Å². The van der Waals surface area contributed by atoms with Gasteiger partial charge in [-0.2, -0.15) is 0 Å². The maximum atomic E-state index is 13.3. The van der Waals surface area contributed by atoms with Crippen LogP contribution in [0.2, 0.25) is 20.1 Å². The molecule has 18 heteroatoms. The second-order valence-electron chi connectivity index (χ2n) is 14.3. The van der Waals surface area contributed by atoms with E-state index in [0.717, 1.165) is 11.1 Å². The van der Waals surface area contributed by atoms with Crippen molar-refractivity contribution in [3.8, 4) is 0 Å². The lowest BCUT2D eigenvalue weighted by Crippen LogP contribution is -2.38. The minimum Gasteiger partial charge on any atom is -0.391 e. The predicted octanol–water partition coefficient (Wildman–Crippen LogP) is 11.2. The van der Waals surface area contributed by atoms with Crippen molar-refractivity contribution in [2.75, 3.05) is 21.3 Å². The van der Waals surface area contributed by atoms with E-state index in [2.05, 4.69) is 41.7 Å². The molecule has 0 spiro atoms. The van der Waals surface area contributed by atoms with Gasteiger partial charge < -0.3 is 26.4 Å². The molecule has 0 radical (unpaired) electrons. The second-order valence-corrected chi connectivity index (χ2v) is 16.0.